The Kier molecular flexibility index (Phi) is 7.02. The number of nitrogens with one attached hydrogen (secondary N) is 1. The zero-order valence-electron chi connectivity index (χ0n) is 20.0. The number of benzene rings is 2. The quantitative estimate of drug-likeness (QED) is 0.633. The molecule has 2 fully saturated rings. The van der Waals surface area contributed by atoms with E-state index in [1.165, 1.54) is 12.1 Å². The van der Waals surface area contributed by atoms with Gasteiger partial charge < -0.3 is 4.74 Å². The highest BCUT2D eigenvalue weighted by Gasteiger charge is 2.64. The predicted octanol–water partition coefficient (Wildman–Crippen LogP) is 4.55. The highest BCUT2D eigenvalue weighted by molar-refractivity contribution is 7.92. The van der Waals surface area contributed by atoms with E-state index in [4.69, 9.17) is 4.74 Å². The Morgan fingerprint density at radius 3 is 2.40 bits per heavy atom. The Labute approximate surface area is 206 Å². The van der Waals surface area contributed by atoms with E-state index in [-0.39, 0.29) is 42.1 Å². The van der Waals surface area contributed by atoms with E-state index in [0.29, 0.717) is 6.42 Å². The SMILES string of the molecule is CC.CC[C@@H]1C[C@@H]2[C@@H](CC[C@@]3(S(=O)(=O)c4ccccc4)c4c(F)ccc(F)c4OC[C@@H]23)NS1(=O)=O. The smallest absolute Gasteiger partial charge is 0.214 e. The summed E-state index contributed by atoms with van der Waals surface area (Å²) in [6.07, 6.45) is 0.747. The summed E-state index contributed by atoms with van der Waals surface area (Å²) >= 11 is 0. The molecule has 1 saturated carbocycles. The Morgan fingerprint density at radius 1 is 1.09 bits per heavy atom. The largest absolute Gasteiger partial charge is 0.490 e. The van der Waals surface area contributed by atoms with E-state index in [2.05, 4.69) is 4.72 Å². The molecule has 1 aliphatic carbocycles. The molecular formula is C25H31F2NO5S2. The fourth-order valence-electron chi connectivity index (χ4n) is 6.08. The van der Waals surface area contributed by atoms with Gasteiger partial charge in [0.1, 0.15) is 10.6 Å². The second-order valence-corrected chi connectivity index (χ2v) is 13.3. The number of hydrogen-bond acceptors (Lipinski definition) is 5. The molecule has 1 saturated heterocycles. The molecule has 2 aliphatic heterocycles. The zero-order chi connectivity index (χ0) is 25.6. The molecule has 35 heavy (non-hydrogen) atoms. The van der Waals surface area contributed by atoms with Gasteiger partial charge in [-0.05, 0) is 55.9 Å². The van der Waals surface area contributed by atoms with Crippen LogP contribution in [-0.4, -0.2) is 34.7 Å². The molecule has 0 bridgehead atoms. The third-order valence-corrected chi connectivity index (χ3v) is 12.2. The van der Waals surface area contributed by atoms with E-state index in [1.54, 1.807) is 25.1 Å². The lowest BCUT2D eigenvalue weighted by atomic mass is 9.64. The molecule has 192 valence electrons. The number of halogens is 2. The van der Waals surface area contributed by atoms with Gasteiger partial charge in [0.05, 0.1) is 22.3 Å². The third-order valence-electron chi connectivity index (χ3n) is 7.63. The van der Waals surface area contributed by atoms with Gasteiger partial charge in [0.25, 0.3) is 0 Å². The number of rotatable bonds is 3. The van der Waals surface area contributed by atoms with Crippen LogP contribution < -0.4 is 9.46 Å². The lowest BCUT2D eigenvalue weighted by molar-refractivity contribution is 0.0491. The predicted molar refractivity (Wildman–Crippen MR) is 129 cm³/mol. The van der Waals surface area contributed by atoms with E-state index in [1.807, 2.05) is 13.8 Å². The van der Waals surface area contributed by atoms with Crippen LogP contribution >= 0.6 is 0 Å². The topological polar surface area (TPSA) is 89.5 Å². The van der Waals surface area contributed by atoms with Crippen LogP contribution in [0.5, 0.6) is 5.75 Å². The lowest BCUT2D eigenvalue weighted by Gasteiger charge is -2.54. The first-order chi connectivity index (χ1) is 16.6. The number of sulfonamides is 1. The first-order valence-corrected chi connectivity index (χ1v) is 15.1. The fourth-order valence-corrected chi connectivity index (χ4v) is 10.3. The van der Waals surface area contributed by atoms with E-state index in [0.717, 1.165) is 12.1 Å². The van der Waals surface area contributed by atoms with E-state index < -0.39 is 59.4 Å². The van der Waals surface area contributed by atoms with Crippen LogP contribution in [-0.2, 0) is 24.6 Å². The molecule has 1 N–H and O–H groups in total. The molecule has 0 aromatic heterocycles. The lowest BCUT2D eigenvalue weighted by Crippen LogP contribution is -2.63. The molecule has 0 spiro atoms. The molecule has 2 heterocycles. The summed E-state index contributed by atoms with van der Waals surface area (Å²) in [5, 5.41) is -0.687. The van der Waals surface area contributed by atoms with Gasteiger partial charge in [-0.3, -0.25) is 0 Å². The van der Waals surface area contributed by atoms with Gasteiger partial charge in [-0.2, -0.15) is 0 Å². The van der Waals surface area contributed by atoms with Gasteiger partial charge in [-0.25, -0.2) is 30.3 Å². The van der Waals surface area contributed by atoms with Crippen LogP contribution in [0.1, 0.15) is 52.0 Å². The Bertz CT molecular complexity index is 1300. The van der Waals surface area contributed by atoms with Gasteiger partial charge in [-0.15, -0.1) is 0 Å². The van der Waals surface area contributed by atoms with Crippen LogP contribution in [0.3, 0.4) is 0 Å². The van der Waals surface area contributed by atoms with Crippen molar-refractivity contribution in [3.05, 3.63) is 59.7 Å². The van der Waals surface area contributed by atoms with Crippen LogP contribution in [0.25, 0.3) is 0 Å². The number of ether oxygens (including phenoxy) is 1. The molecule has 10 heteroatoms. The minimum Gasteiger partial charge on any atom is -0.490 e. The average molecular weight is 528 g/mol. The fraction of sp³-hybridized carbons (Fsp3) is 0.520. The van der Waals surface area contributed by atoms with Crippen molar-refractivity contribution in [3.63, 3.8) is 0 Å². The van der Waals surface area contributed by atoms with Crippen LogP contribution in [0.4, 0.5) is 8.78 Å². The van der Waals surface area contributed by atoms with E-state index >= 15 is 4.39 Å². The van der Waals surface area contributed by atoms with Crippen molar-refractivity contribution in [1.29, 1.82) is 0 Å². The molecule has 5 rings (SSSR count). The highest BCUT2D eigenvalue weighted by atomic mass is 32.2. The maximum absolute atomic E-state index is 15.4. The first-order valence-electron chi connectivity index (χ1n) is 12.1. The van der Waals surface area contributed by atoms with Gasteiger partial charge in [-0.1, -0.05) is 39.0 Å². The molecule has 6 nitrogen and oxygen atoms in total. The van der Waals surface area contributed by atoms with Crippen LogP contribution in [0.2, 0.25) is 0 Å². The monoisotopic (exact) mass is 527 g/mol. The molecule has 0 unspecified atom stereocenters. The molecule has 3 aliphatic rings. The summed E-state index contributed by atoms with van der Waals surface area (Å²) in [4.78, 5) is 0.0217. The summed E-state index contributed by atoms with van der Waals surface area (Å²) in [6.45, 7) is 5.63. The molecular weight excluding hydrogens is 496 g/mol. The number of sulfone groups is 1. The molecule has 5 atom stereocenters. The van der Waals surface area contributed by atoms with Crippen molar-refractivity contribution in [3.8, 4) is 5.75 Å². The molecule has 0 radical (unpaired) electrons. The van der Waals surface area contributed by atoms with Crippen molar-refractivity contribution in [2.24, 2.45) is 11.8 Å². The number of fused-ring (bicyclic) bond motifs is 5. The minimum atomic E-state index is -4.20. The Balaban J connectivity index is 0.00000141. The van der Waals surface area contributed by atoms with Gasteiger partial charge in [0.15, 0.2) is 21.4 Å². The van der Waals surface area contributed by atoms with Gasteiger partial charge in [0.2, 0.25) is 10.0 Å². The van der Waals surface area contributed by atoms with Crippen molar-refractivity contribution < 1.29 is 30.4 Å². The Hall–Kier alpha value is -2.04. The van der Waals surface area contributed by atoms with Crippen molar-refractivity contribution in [2.45, 2.75) is 67.4 Å². The van der Waals surface area contributed by atoms with Gasteiger partial charge in [0, 0.05) is 12.0 Å². The normalized spacial score (nSPS) is 31.0. The summed E-state index contributed by atoms with van der Waals surface area (Å²) < 4.78 is 90.6. The van der Waals surface area contributed by atoms with Crippen molar-refractivity contribution >= 4 is 19.9 Å². The molecule has 0 amide bonds. The number of hydrogen-bond donors (Lipinski definition) is 1. The van der Waals surface area contributed by atoms with Crippen molar-refractivity contribution in [2.75, 3.05) is 6.61 Å². The van der Waals surface area contributed by atoms with Crippen LogP contribution in [0, 0.1) is 23.5 Å². The summed E-state index contributed by atoms with van der Waals surface area (Å²) in [5.74, 6) is -3.17. The summed E-state index contributed by atoms with van der Waals surface area (Å²) in [6, 6.07) is 9.17. The summed E-state index contributed by atoms with van der Waals surface area (Å²) in [5.41, 5.74) is -0.275. The van der Waals surface area contributed by atoms with Gasteiger partial charge >= 0.3 is 0 Å². The Morgan fingerprint density at radius 2 is 1.74 bits per heavy atom. The highest BCUT2D eigenvalue weighted by Crippen LogP contribution is 2.59. The maximum Gasteiger partial charge on any atom is 0.214 e. The second kappa shape index (κ2) is 9.44. The average Bonchev–Trinajstić information content (AvgIpc) is 2.86. The van der Waals surface area contributed by atoms with Crippen LogP contribution in [0.15, 0.2) is 47.4 Å². The summed E-state index contributed by atoms with van der Waals surface area (Å²) in [7, 11) is -7.74. The zero-order valence-corrected chi connectivity index (χ0v) is 21.6. The third kappa shape index (κ3) is 3.88. The maximum atomic E-state index is 15.4. The van der Waals surface area contributed by atoms with Crippen molar-refractivity contribution in [1.82, 2.24) is 4.72 Å². The van der Waals surface area contributed by atoms with E-state index in [9.17, 15) is 21.2 Å². The first kappa shape index (κ1) is 26.0. The minimum absolute atomic E-state index is 0.0217. The molecule has 2 aromatic rings. The standard InChI is InChI=1S/C23H25F2NO5S2.C2H6/c1-2-14-12-16-17-13-31-22-19(25)9-8-18(24)21(22)23(17,11-10-20(16)26-33(14,29)30)32(27,28)15-6-4-3-5-7-15;1-2/h3-9,14,16-17,20,26H,2,10-13H2,1H3;1-2H3/t14-,16+,17+,20-,23+;/m1./s1. The second-order valence-electron chi connectivity index (χ2n) is 9.09. The molecule has 2 aromatic carbocycles.